The molecule has 146 valence electrons. The molecule has 0 amide bonds. The van der Waals surface area contributed by atoms with Gasteiger partial charge >= 0.3 is 0 Å². The number of hydrogen-bond acceptors (Lipinski definition) is 7. The van der Waals surface area contributed by atoms with Crippen LogP contribution in [0.1, 0.15) is 17.0 Å². The van der Waals surface area contributed by atoms with E-state index in [-0.39, 0.29) is 5.84 Å². The second kappa shape index (κ2) is 6.59. The van der Waals surface area contributed by atoms with Crippen LogP contribution in [0.2, 0.25) is 0 Å². The fourth-order valence-corrected chi connectivity index (χ4v) is 4.55. The summed E-state index contributed by atoms with van der Waals surface area (Å²) in [5, 5.41) is 20.1. The predicted molar refractivity (Wildman–Crippen MR) is 104 cm³/mol. The summed E-state index contributed by atoms with van der Waals surface area (Å²) in [5.74, 6) is -1.50. The van der Waals surface area contributed by atoms with Crippen LogP contribution < -0.4 is 10.5 Å². The van der Waals surface area contributed by atoms with E-state index < -0.39 is 22.7 Å². The van der Waals surface area contributed by atoms with Crippen molar-refractivity contribution in [2.45, 2.75) is 18.4 Å². The Morgan fingerprint density at radius 1 is 1.03 bits per heavy atom. The van der Waals surface area contributed by atoms with E-state index in [4.69, 9.17) is 19.9 Å². The molecule has 0 aromatic heterocycles. The molecule has 3 atom stereocenters. The summed E-state index contributed by atoms with van der Waals surface area (Å²) < 4.78 is 16.9. The lowest BCUT2D eigenvalue weighted by Gasteiger charge is -2.29. The van der Waals surface area contributed by atoms with Crippen LogP contribution in [0.25, 0.3) is 0 Å². The van der Waals surface area contributed by atoms with Gasteiger partial charge in [-0.15, -0.1) is 0 Å². The van der Waals surface area contributed by atoms with Crippen molar-refractivity contribution in [3.63, 3.8) is 0 Å². The molecule has 0 radical (unpaired) electrons. The van der Waals surface area contributed by atoms with Crippen molar-refractivity contribution in [1.29, 1.82) is 10.5 Å². The van der Waals surface area contributed by atoms with Gasteiger partial charge in [-0.1, -0.05) is 42.5 Å². The monoisotopic (exact) mass is 388 g/mol. The van der Waals surface area contributed by atoms with Gasteiger partial charge < -0.3 is 19.9 Å². The van der Waals surface area contributed by atoms with Crippen molar-refractivity contribution < 1.29 is 14.2 Å². The molecular weight excluding hydrogens is 368 g/mol. The van der Waals surface area contributed by atoms with Crippen LogP contribution in [0, 0.1) is 33.5 Å². The summed E-state index contributed by atoms with van der Waals surface area (Å²) in [5.41, 5.74) is 5.23. The van der Waals surface area contributed by atoms with Gasteiger partial charge in [0, 0.05) is 20.1 Å². The van der Waals surface area contributed by atoms with Gasteiger partial charge in [-0.25, -0.2) is 4.99 Å². The number of hydrogen-bond donors (Lipinski definition) is 1. The second-order valence-electron chi connectivity index (χ2n) is 7.11. The molecule has 1 aliphatic heterocycles. The van der Waals surface area contributed by atoms with Crippen LogP contribution in [-0.4, -0.2) is 26.0 Å². The summed E-state index contributed by atoms with van der Waals surface area (Å²) in [4.78, 5) is 4.22. The number of benzene rings is 2. The lowest BCUT2D eigenvalue weighted by molar-refractivity contribution is -0.230. The van der Waals surface area contributed by atoms with Crippen molar-refractivity contribution in [1.82, 2.24) is 0 Å². The maximum atomic E-state index is 10.1. The Bertz CT molecular complexity index is 1050. The number of methoxy groups -OCH3 is 2. The number of ether oxygens (including phenoxy) is 3. The molecule has 0 bridgehead atoms. The number of nitrogens with zero attached hydrogens (tertiary/aromatic N) is 3. The van der Waals surface area contributed by atoms with Gasteiger partial charge in [-0.3, -0.25) is 0 Å². The minimum absolute atomic E-state index is 0.0471. The third kappa shape index (κ3) is 2.26. The number of fused-ring (bicyclic) bond motifs is 1. The Hall–Kier alpha value is -3.39. The fraction of sp³-hybridized carbons (Fsp3) is 0.318. The van der Waals surface area contributed by atoms with Crippen LogP contribution in [0.15, 0.2) is 59.6 Å². The van der Waals surface area contributed by atoms with Crippen LogP contribution in [-0.2, 0) is 16.1 Å². The second-order valence-corrected chi connectivity index (χ2v) is 7.11. The lowest BCUT2D eigenvalue weighted by atomic mass is 9.93. The molecule has 2 N–H and O–H groups in total. The molecule has 7 heteroatoms. The Morgan fingerprint density at radius 3 is 2.38 bits per heavy atom. The molecule has 29 heavy (non-hydrogen) atoms. The molecule has 1 aliphatic carbocycles. The highest BCUT2D eigenvalue weighted by molar-refractivity contribution is 6.00. The van der Waals surface area contributed by atoms with Gasteiger partial charge in [0.15, 0.2) is 5.41 Å². The van der Waals surface area contributed by atoms with Crippen molar-refractivity contribution in [3.05, 3.63) is 65.7 Å². The molecule has 4 rings (SSSR count). The highest BCUT2D eigenvalue weighted by Crippen LogP contribution is 2.81. The molecule has 0 unspecified atom stereocenters. The number of nitriles is 2. The molecule has 2 aromatic rings. The van der Waals surface area contributed by atoms with Crippen LogP contribution in [0.3, 0.4) is 0 Å². The molecule has 7 nitrogen and oxygen atoms in total. The summed E-state index contributed by atoms with van der Waals surface area (Å²) in [6, 6.07) is 21.6. The molecule has 1 saturated carbocycles. The van der Waals surface area contributed by atoms with E-state index in [0.29, 0.717) is 12.4 Å². The van der Waals surface area contributed by atoms with Gasteiger partial charge in [0.25, 0.3) is 5.91 Å². The van der Waals surface area contributed by atoms with E-state index in [0.717, 1.165) is 11.1 Å². The zero-order chi connectivity index (χ0) is 20.7. The summed E-state index contributed by atoms with van der Waals surface area (Å²) >= 11 is 0. The number of aliphatic imine (C=N–C) groups is 1. The van der Waals surface area contributed by atoms with Gasteiger partial charge in [0.2, 0.25) is 0 Å². The van der Waals surface area contributed by atoms with Crippen molar-refractivity contribution >= 4 is 5.84 Å². The van der Waals surface area contributed by atoms with E-state index in [2.05, 4.69) is 17.1 Å². The first-order valence-electron chi connectivity index (χ1n) is 9.10. The van der Waals surface area contributed by atoms with E-state index >= 15 is 0 Å². The van der Waals surface area contributed by atoms with Crippen molar-refractivity contribution in [2.24, 2.45) is 21.6 Å². The van der Waals surface area contributed by atoms with Gasteiger partial charge in [0.05, 0.1) is 12.1 Å². The zero-order valence-corrected chi connectivity index (χ0v) is 16.1. The molecule has 1 fully saturated rings. The Labute approximate surface area is 168 Å². The Kier molecular flexibility index (Phi) is 4.31. The van der Waals surface area contributed by atoms with Gasteiger partial charge in [-0.2, -0.15) is 10.5 Å². The Balaban J connectivity index is 1.70. The standard InChI is InChI=1S/C22H20N4O3/c1-27-22(28-2)21(14-24)18(20(21,13-23)19(25)26-22)16-9-6-10-17(11-16)29-12-15-7-4-3-5-8-15/h3-11,18H,12H2,1-2H3,(H2,25,26)/t18-,20+,21+/m0/s1. The van der Waals surface area contributed by atoms with Crippen LogP contribution in [0.5, 0.6) is 5.75 Å². The first kappa shape index (κ1) is 18.9. The largest absolute Gasteiger partial charge is 0.489 e. The molecule has 1 heterocycles. The summed E-state index contributed by atoms with van der Waals surface area (Å²) in [7, 11) is 2.78. The highest BCUT2D eigenvalue weighted by Gasteiger charge is 2.93. The minimum Gasteiger partial charge on any atom is -0.489 e. The molecule has 0 saturated heterocycles. The summed E-state index contributed by atoms with van der Waals surface area (Å²) in [6.07, 6.45) is 0. The van der Waals surface area contributed by atoms with Crippen LogP contribution in [0.4, 0.5) is 0 Å². The van der Waals surface area contributed by atoms with Gasteiger partial charge in [0.1, 0.15) is 23.6 Å². The summed E-state index contributed by atoms with van der Waals surface area (Å²) in [6.45, 7) is 0.408. The SMILES string of the molecule is COC1(OC)N=C(N)[C@@]2(C#N)[C@H](c3cccc(OCc4ccccc4)c3)[C@@]12C#N. The topological polar surface area (TPSA) is 114 Å². The molecule has 0 spiro atoms. The average molecular weight is 388 g/mol. The highest BCUT2D eigenvalue weighted by atomic mass is 16.7. The molecule has 2 aliphatic rings. The predicted octanol–water partition coefficient (Wildman–Crippen LogP) is 2.70. The maximum absolute atomic E-state index is 10.1. The number of amidine groups is 1. The van der Waals surface area contributed by atoms with Crippen molar-refractivity contribution in [2.75, 3.05) is 14.2 Å². The maximum Gasteiger partial charge on any atom is 0.292 e. The third-order valence-corrected chi connectivity index (χ3v) is 5.92. The minimum atomic E-state index is -1.63. The molecular formula is C22H20N4O3. The normalized spacial score (nSPS) is 28.6. The Morgan fingerprint density at radius 2 is 1.76 bits per heavy atom. The quantitative estimate of drug-likeness (QED) is 0.761. The molecule has 2 aromatic carbocycles. The van der Waals surface area contributed by atoms with Crippen molar-refractivity contribution in [3.8, 4) is 17.9 Å². The first-order valence-corrected chi connectivity index (χ1v) is 9.10. The smallest absolute Gasteiger partial charge is 0.292 e. The number of nitrogens with two attached hydrogens (primary N) is 1. The first-order chi connectivity index (χ1) is 14.0. The number of rotatable bonds is 6. The third-order valence-electron chi connectivity index (χ3n) is 5.92. The lowest BCUT2D eigenvalue weighted by Crippen LogP contribution is -2.41. The van der Waals surface area contributed by atoms with E-state index in [1.807, 2.05) is 54.6 Å². The van der Waals surface area contributed by atoms with Gasteiger partial charge in [-0.05, 0) is 23.3 Å². The van der Waals surface area contributed by atoms with E-state index in [9.17, 15) is 10.5 Å². The van der Waals surface area contributed by atoms with E-state index in [1.54, 1.807) is 0 Å². The fourth-order valence-electron chi connectivity index (χ4n) is 4.55. The van der Waals surface area contributed by atoms with E-state index in [1.165, 1.54) is 14.2 Å². The average Bonchev–Trinajstić information content (AvgIpc) is 3.35. The van der Waals surface area contributed by atoms with Crippen LogP contribution >= 0.6 is 0 Å². The zero-order valence-electron chi connectivity index (χ0n) is 16.1.